The fourth-order valence-corrected chi connectivity index (χ4v) is 4.81. The van der Waals surface area contributed by atoms with E-state index in [1.165, 1.54) is 50.4 Å². The van der Waals surface area contributed by atoms with Crippen LogP contribution < -0.4 is 11.1 Å². The number of nitriles is 2. The monoisotopic (exact) mass is 478 g/mol. The number of nitrogens with two attached hydrogens (primary N) is 1. The molecule has 1 saturated heterocycles. The lowest BCUT2D eigenvalue weighted by Gasteiger charge is -2.43. The van der Waals surface area contributed by atoms with E-state index in [0.717, 1.165) is 0 Å². The number of ether oxygens (including phenoxy) is 1. The second-order valence-corrected chi connectivity index (χ2v) is 9.66. The van der Waals surface area contributed by atoms with E-state index >= 15 is 8.78 Å². The summed E-state index contributed by atoms with van der Waals surface area (Å²) < 4.78 is 36.2. The lowest BCUT2D eigenvalue weighted by Crippen LogP contribution is -2.52. The van der Waals surface area contributed by atoms with Crippen molar-refractivity contribution < 1.29 is 18.3 Å². The first kappa shape index (κ1) is 24.2. The van der Waals surface area contributed by atoms with Gasteiger partial charge in [-0.3, -0.25) is 9.79 Å². The minimum atomic E-state index is -1.78. The van der Waals surface area contributed by atoms with E-state index in [-0.39, 0.29) is 35.8 Å². The number of nitrogens with zero attached hydrogens (tertiary/aromatic N) is 4. The van der Waals surface area contributed by atoms with E-state index < -0.39 is 40.4 Å². The van der Waals surface area contributed by atoms with E-state index in [1.807, 2.05) is 6.07 Å². The highest BCUT2D eigenvalue weighted by Gasteiger charge is 2.61. The van der Waals surface area contributed by atoms with E-state index in [9.17, 15) is 10.1 Å². The summed E-state index contributed by atoms with van der Waals surface area (Å²) in [6.07, 6.45) is 0.448. The van der Waals surface area contributed by atoms with Crippen molar-refractivity contribution in [3.63, 3.8) is 0 Å². The summed E-state index contributed by atoms with van der Waals surface area (Å²) in [5.41, 5.74) is 2.59. The second-order valence-electron chi connectivity index (χ2n) is 9.66. The molecule has 0 aliphatic carbocycles. The number of anilines is 1. The fourth-order valence-electron chi connectivity index (χ4n) is 4.81. The summed E-state index contributed by atoms with van der Waals surface area (Å²) >= 11 is 0. The molecule has 1 aromatic heterocycles. The zero-order valence-corrected chi connectivity index (χ0v) is 19.5. The molecule has 1 aromatic carbocycles. The van der Waals surface area contributed by atoms with Crippen molar-refractivity contribution in [3.05, 3.63) is 59.2 Å². The molecule has 2 aliphatic heterocycles. The van der Waals surface area contributed by atoms with Gasteiger partial charge in [0.25, 0.3) is 5.91 Å². The molecular weight excluding hydrogens is 454 g/mol. The number of hydrogen-bond donors (Lipinski definition) is 2. The van der Waals surface area contributed by atoms with Crippen molar-refractivity contribution in [3.8, 4) is 12.1 Å². The highest BCUT2D eigenvalue weighted by molar-refractivity contribution is 6.03. The molecule has 2 aromatic rings. The van der Waals surface area contributed by atoms with Crippen molar-refractivity contribution in [2.75, 3.05) is 11.9 Å². The molecule has 4 rings (SSSR count). The number of nitrogens with one attached hydrogen (secondary N) is 1. The lowest BCUT2D eigenvalue weighted by atomic mass is 9.65. The first-order valence-corrected chi connectivity index (χ1v) is 11.0. The Morgan fingerprint density at radius 2 is 2.06 bits per heavy atom. The molecule has 0 saturated carbocycles. The second kappa shape index (κ2) is 8.40. The molecule has 0 spiro atoms. The van der Waals surface area contributed by atoms with Gasteiger partial charge in [0, 0.05) is 23.4 Å². The highest BCUT2D eigenvalue weighted by atomic mass is 19.1. The van der Waals surface area contributed by atoms with E-state index in [4.69, 9.17) is 15.7 Å². The Bertz CT molecular complexity index is 1290. The number of benzene rings is 1. The van der Waals surface area contributed by atoms with E-state index in [0.29, 0.717) is 5.56 Å². The number of carbonyl (C=O) groups excluding carboxylic acids is 1. The maximum atomic E-state index is 15.3. The van der Waals surface area contributed by atoms with Crippen LogP contribution in [0.4, 0.5) is 14.5 Å². The number of alkyl halides is 1. The number of pyridine rings is 1. The summed E-state index contributed by atoms with van der Waals surface area (Å²) in [6.45, 7) is 4.23. The molecule has 2 aliphatic rings. The Morgan fingerprint density at radius 1 is 1.31 bits per heavy atom. The number of carbonyl (C=O) groups is 1. The molecule has 1 amide bonds. The van der Waals surface area contributed by atoms with Gasteiger partial charge in [-0.15, -0.1) is 0 Å². The molecule has 3 heterocycles. The van der Waals surface area contributed by atoms with Crippen LogP contribution in [0, 0.1) is 39.8 Å². The Labute approximate surface area is 201 Å². The van der Waals surface area contributed by atoms with Crippen LogP contribution in [0.1, 0.15) is 48.8 Å². The maximum absolute atomic E-state index is 15.3. The number of aromatic nitrogens is 1. The average molecular weight is 479 g/mol. The number of fused-ring (bicyclic) bond motifs is 1. The topological polar surface area (TPSA) is 137 Å². The molecule has 1 unspecified atom stereocenters. The van der Waals surface area contributed by atoms with Crippen molar-refractivity contribution in [2.24, 2.45) is 22.1 Å². The third-order valence-corrected chi connectivity index (χ3v) is 6.71. The molecule has 35 heavy (non-hydrogen) atoms. The van der Waals surface area contributed by atoms with Gasteiger partial charge in [0.1, 0.15) is 40.0 Å². The number of rotatable bonds is 4. The van der Waals surface area contributed by atoms with Crippen LogP contribution in [0.3, 0.4) is 0 Å². The third-order valence-electron chi connectivity index (χ3n) is 6.71. The summed E-state index contributed by atoms with van der Waals surface area (Å²) in [4.78, 5) is 21.2. The van der Waals surface area contributed by atoms with Crippen LogP contribution in [-0.4, -0.2) is 35.1 Å². The zero-order chi connectivity index (χ0) is 25.6. The SMILES string of the molecule is CC(C)(F)C1OC[C@]2(c3cc(NC(=O)c4ccc(C#N)cn4)ccc3F)N=C(N)[C@](C)(C#N)C[C@H]12. The van der Waals surface area contributed by atoms with Gasteiger partial charge in [-0.1, -0.05) is 0 Å². The third kappa shape index (κ3) is 4.11. The van der Waals surface area contributed by atoms with Gasteiger partial charge in [0.05, 0.1) is 24.3 Å². The molecule has 0 bridgehead atoms. The largest absolute Gasteiger partial charge is 0.386 e. The average Bonchev–Trinajstić information content (AvgIpc) is 3.19. The normalized spacial score (nSPS) is 27.8. The number of amidine groups is 1. The molecule has 8 nitrogen and oxygen atoms in total. The van der Waals surface area contributed by atoms with Gasteiger partial charge in [0.2, 0.25) is 0 Å². The Kier molecular flexibility index (Phi) is 5.82. The smallest absolute Gasteiger partial charge is 0.274 e. The van der Waals surface area contributed by atoms with Crippen LogP contribution in [0.25, 0.3) is 0 Å². The molecule has 180 valence electrons. The first-order chi connectivity index (χ1) is 16.4. The Hall–Kier alpha value is -3.89. The Morgan fingerprint density at radius 3 is 2.66 bits per heavy atom. The summed E-state index contributed by atoms with van der Waals surface area (Å²) in [5, 5.41) is 21.3. The molecule has 3 N–H and O–H groups in total. The predicted octanol–water partition coefficient (Wildman–Crippen LogP) is 3.59. The zero-order valence-electron chi connectivity index (χ0n) is 19.5. The molecule has 10 heteroatoms. The number of amides is 1. The van der Waals surface area contributed by atoms with Crippen molar-refractivity contribution >= 4 is 17.4 Å². The Balaban J connectivity index is 1.76. The summed E-state index contributed by atoms with van der Waals surface area (Å²) in [7, 11) is 0. The van der Waals surface area contributed by atoms with Gasteiger partial charge in [0.15, 0.2) is 0 Å². The number of aliphatic imine (C=N–C) groups is 1. The van der Waals surface area contributed by atoms with Crippen LogP contribution in [-0.2, 0) is 10.3 Å². The lowest BCUT2D eigenvalue weighted by molar-refractivity contribution is -0.0285. The van der Waals surface area contributed by atoms with Crippen LogP contribution in [0.2, 0.25) is 0 Å². The minimum Gasteiger partial charge on any atom is -0.386 e. The fraction of sp³-hybridized carbons (Fsp3) is 0.400. The number of hydrogen-bond acceptors (Lipinski definition) is 7. The van der Waals surface area contributed by atoms with Gasteiger partial charge in [-0.25, -0.2) is 13.8 Å². The summed E-state index contributed by atoms with van der Waals surface area (Å²) in [6, 6.07) is 10.9. The van der Waals surface area contributed by atoms with E-state index in [1.54, 1.807) is 6.92 Å². The van der Waals surface area contributed by atoms with Crippen molar-refractivity contribution in [1.29, 1.82) is 10.5 Å². The molecule has 0 radical (unpaired) electrons. The molecular formula is C25H24F2N6O2. The van der Waals surface area contributed by atoms with Crippen LogP contribution >= 0.6 is 0 Å². The predicted molar refractivity (Wildman–Crippen MR) is 123 cm³/mol. The highest BCUT2D eigenvalue weighted by Crippen LogP contribution is 2.54. The minimum absolute atomic E-state index is 0.0211. The quantitative estimate of drug-likeness (QED) is 0.689. The van der Waals surface area contributed by atoms with Crippen LogP contribution in [0.15, 0.2) is 41.5 Å². The first-order valence-electron chi connectivity index (χ1n) is 11.0. The molecule has 1 fully saturated rings. The van der Waals surface area contributed by atoms with Gasteiger partial charge < -0.3 is 15.8 Å². The number of halogens is 2. The summed E-state index contributed by atoms with van der Waals surface area (Å²) in [5.74, 6) is -1.84. The standard InChI is InChI=1S/C25H24F2N6O2/c1-23(2,27)20-17-9-24(3,12-29)22(30)33-25(17,13-35-20)16-8-15(5-6-18(16)26)32-21(34)19-7-4-14(10-28)11-31-19/h4-8,11,17,20H,9,13H2,1-3H3,(H2,30,33)(H,32,34)/t17-,20?,24+,25-/m1/s1. The van der Waals surface area contributed by atoms with Crippen LogP contribution in [0.5, 0.6) is 0 Å². The van der Waals surface area contributed by atoms with E-state index in [2.05, 4.69) is 21.4 Å². The van der Waals surface area contributed by atoms with Gasteiger partial charge >= 0.3 is 0 Å². The maximum Gasteiger partial charge on any atom is 0.274 e. The van der Waals surface area contributed by atoms with Crippen molar-refractivity contribution in [1.82, 2.24) is 4.98 Å². The van der Waals surface area contributed by atoms with Gasteiger partial charge in [-0.2, -0.15) is 10.5 Å². The molecule has 4 atom stereocenters. The van der Waals surface area contributed by atoms with Crippen molar-refractivity contribution in [2.45, 2.75) is 44.5 Å². The van der Waals surface area contributed by atoms with Gasteiger partial charge in [-0.05, 0) is 57.5 Å².